The number of fused-ring (bicyclic) bond motifs is 3. The van der Waals surface area contributed by atoms with E-state index in [0.29, 0.717) is 46.5 Å². The summed E-state index contributed by atoms with van der Waals surface area (Å²) in [6, 6.07) is 9.57. The number of carbonyl (C=O) groups is 1. The monoisotopic (exact) mass is 408 g/mol. The summed E-state index contributed by atoms with van der Waals surface area (Å²) in [5.41, 5.74) is 7.98. The molecule has 0 aliphatic carbocycles. The second-order valence-corrected chi connectivity index (χ2v) is 6.80. The molecule has 4 rings (SSSR count). The molecule has 154 valence electrons. The Morgan fingerprint density at radius 3 is 2.70 bits per heavy atom. The highest BCUT2D eigenvalue weighted by molar-refractivity contribution is 6.00. The molecular weight excluding hydrogens is 388 g/mol. The van der Waals surface area contributed by atoms with Gasteiger partial charge in [-0.05, 0) is 42.3 Å². The number of aliphatic hydroxyl groups is 1. The van der Waals surface area contributed by atoms with Crippen molar-refractivity contribution in [2.75, 3.05) is 18.9 Å². The SMILES string of the molecule is Nc1nc2c3ccc(C(=O)NCCCO)cc3nc(Cc3ccc(O)c(O)c3)n2n1. The summed E-state index contributed by atoms with van der Waals surface area (Å²) in [6.45, 7) is 0.373. The van der Waals surface area contributed by atoms with Crippen LogP contribution in [0.3, 0.4) is 0 Å². The molecule has 0 fully saturated rings. The smallest absolute Gasteiger partial charge is 0.251 e. The average Bonchev–Trinajstić information content (AvgIpc) is 3.12. The van der Waals surface area contributed by atoms with Gasteiger partial charge >= 0.3 is 0 Å². The number of nitrogen functional groups attached to an aromatic ring is 1. The highest BCUT2D eigenvalue weighted by Crippen LogP contribution is 2.27. The molecule has 2 heterocycles. The van der Waals surface area contributed by atoms with Crippen molar-refractivity contribution in [3.8, 4) is 11.5 Å². The van der Waals surface area contributed by atoms with E-state index in [1.807, 2.05) is 0 Å². The van der Waals surface area contributed by atoms with E-state index in [0.717, 1.165) is 0 Å². The molecule has 0 radical (unpaired) electrons. The van der Waals surface area contributed by atoms with Crippen LogP contribution in [-0.2, 0) is 6.42 Å². The normalized spacial score (nSPS) is 11.2. The van der Waals surface area contributed by atoms with Gasteiger partial charge in [0.25, 0.3) is 5.91 Å². The van der Waals surface area contributed by atoms with Gasteiger partial charge in [-0.25, -0.2) is 4.98 Å². The number of hydrogen-bond donors (Lipinski definition) is 5. The molecule has 0 saturated heterocycles. The number of carbonyl (C=O) groups excluding carboxylic acids is 1. The molecular formula is C20H20N6O4. The average molecular weight is 408 g/mol. The summed E-state index contributed by atoms with van der Waals surface area (Å²) in [4.78, 5) is 21.3. The highest BCUT2D eigenvalue weighted by atomic mass is 16.3. The van der Waals surface area contributed by atoms with Crippen molar-refractivity contribution in [3.63, 3.8) is 0 Å². The highest BCUT2D eigenvalue weighted by Gasteiger charge is 2.15. The van der Waals surface area contributed by atoms with Gasteiger partial charge in [0.1, 0.15) is 5.82 Å². The number of anilines is 1. The first-order chi connectivity index (χ1) is 14.5. The van der Waals surface area contributed by atoms with Crippen LogP contribution in [0.4, 0.5) is 5.95 Å². The molecule has 0 spiro atoms. The molecule has 0 bridgehead atoms. The fourth-order valence-corrected chi connectivity index (χ4v) is 3.18. The molecule has 0 atom stereocenters. The minimum atomic E-state index is -0.266. The van der Waals surface area contributed by atoms with Crippen LogP contribution in [0.15, 0.2) is 36.4 Å². The van der Waals surface area contributed by atoms with Gasteiger partial charge in [0.15, 0.2) is 17.1 Å². The van der Waals surface area contributed by atoms with E-state index in [-0.39, 0.29) is 36.4 Å². The number of hydrogen-bond acceptors (Lipinski definition) is 8. The molecule has 0 aliphatic heterocycles. The van der Waals surface area contributed by atoms with Gasteiger partial charge in [-0.1, -0.05) is 6.07 Å². The third-order valence-corrected chi connectivity index (χ3v) is 4.64. The van der Waals surface area contributed by atoms with Gasteiger partial charge in [0, 0.05) is 30.5 Å². The van der Waals surface area contributed by atoms with Gasteiger partial charge in [-0.2, -0.15) is 9.50 Å². The molecule has 10 nitrogen and oxygen atoms in total. The van der Waals surface area contributed by atoms with E-state index >= 15 is 0 Å². The van der Waals surface area contributed by atoms with E-state index in [4.69, 9.17) is 10.8 Å². The molecule has 2 aromatic heterocycles. The predicted molar refractivity (Wildman–Crippen MR) is 109 cm³/mol. The van der Waals surface area contributed by atoms with Crippen LogP contribution in [0.2, 0.25) is 0 Å². The maximum absolute atomic E-state index is 12.4. The number of benzene rings is 2. The second-order valence-electron chi connectivity index (χ2n) is 6.80. The number of nitrogens with one attached hydrogen (secondary N) is 1. The lowest BCUT2D eigenvalue weighted by atomic mass is 10.1. The minimum Gasteiger partial charge on any atom is -0.504 e. The molecule has 10 heteroatoms. The van der Waals surface area contributed by atoms with Crippen LogP contribution in [0.5, 0.6) is 11.5 Å². The Kier molecular flexibility index (Phi) is 5.07. The number of aromatic hydroxyl groups is 2. The van der Waals surface area contributed by atoms with E-state index in [1.54, 1.807) is 24.3 Å². The maximum Gasteiger partial charge on any atom is 0.251 e. The van der Waals surface area contributed by atoms with E-state index in [9.17, 15) is 15.0 Å². The van der Waals surface area contributed by atoms with Crippen molar-refractivity contribution >= 4 is 28.4 Å². The number of amides is 1. The van der Waals surface area contributed by atoms with Crippen LogP contribution < -0.4 is 11.1 Å². The Balaban J connectivity index is 1.78. The van der Waals surface area contributed by atoms with Crippen molar-refractivity contribution in [1.82, 2.24) is 24.9 Å². The predicted octanol–water partition coefficient (Wildman–Crippen LogP) is 0.974. The van der Waals surface area contributed by atoms with Crippen LogP contribution in [0.1, 0.15) is 28.2 Å². The topological polar surface area (TPSA) is 159 Å². The Morgan fingerprint density at radius 1 is 1.10 bits per heavy atom. The summed E-state index contributed by atoms with van der Waals surface area (Å²) in [7, 11) is 0. The fraction of sp³-hybridized carbons (Fsp3) is 0.200. The van der Waals surface area contributed by atoms with Crippen molar-refractivity contribution < 1.29 is 20.1 Å². The lowest BCUT2D eigenvalue weighted by molar-refractivity contribution is 0.0951. The number of nitrogens with zero attached hydrogens (tertiary/aromatic N) is 4. The number of rotatable bonds is 6. The summed E-state index contributed by atoms with van der Waals surface area (Å²) < 4.78 is 1.53. The number of phenolic OH excluding ortho intramolecular Hbond substituents is 2. The zero-order chi connectivity index (χ0) is 21.3. The first kappa shape index (κ1) is 19.4. The van der Waals surface area contributed by atoms with Crippen LogP contribution in [-0.4, -0.2) is 54.0 Å². The summed E-state index contributed by atoms with van der Waals surface area (Å²) in [5, 5.41) is 35.8. The molecule has 1 amide bonds. The first-order valence-corrected chi connectivity index (χ1v) is 9.31. The maximum atomic E-state index is 12.4. The third kappa shape index (κ3) is 3.67. The van der Waals surface area contributed by atoms with Crippen molar-refractivity contribution in [1.29, 1.82) is 0 Å². The molecule has 0 aliphatic rings. The largest absolute Gasteiger partial charge is 0.504 e. The summed E-state index contributed by atoms with van der Waals surface area (Å²) >= 11 is 0. The van der Waals surface area contributed by atoms with Crippen LogP contribution in [0, 0.1) is 0 Å². The fourth-order valence-electron chi connectivity index (χ4n) is 3.18. The second kappa shape index (κ2) is 7.84. The van der Waals surface area contributed by atoms with Crippen LogP contribution >= 0.6 is 0 Å². The van der Waals surface area contributed by atoms with Gasteiger partial charge in [0.2, 0.25) is 5.95 Å². The third-order valence-electron chi connectivity index (χ3n) is 4.64. The quantitative estimate of drug-likeness (QED) is 0.233. The van der Waals surface area contributed by atoms with Gasteiger partial charge < -0.3 is 26.4 Å². The first-order valence-electron chi connectivity index (χ1n) is 9.31. The zero-order valence-electron chi connectivity index (χ0n) is 15.9. The number of phenols is 2. The van der Waals surface area contributed by atoms with Crippen LogP contribution in [0.25, 0.3) is 16.6 Å². The van der Waals surface area contributed by atoms with Gasteiger partial charge in [0.05, 0.1) is 5.52 Å². The van der Waals surface area contributed by atoms with Crippen molar-refractivity contribution in [3.05, 3.63) is 53.3 Å². The number of aromatic nitrogens is 4. The molecule has 0 unspecified atom stereocenters. The van der Waals surface area contributed by atoms with Crippen molar-refractivity contribution in [2.45, 2.75) is 12.8 Å². The molecule has 2 aromatic carbocycles. The Labute approximate surface area is 170 Å². The Hall–Kier alpha value is -3.92. The van der Waals surface area contributed by atoms with Crippen molar-refractivity contribution in [2.24, 2.45) is 0 Å². The number of nitrogens with two attached hydrogens (primary N) is 1. The molecule has 30 heavy (non-hydrogen) atoms. The van der Waals surface area contributed by atoms with Gasteiger partial charge in [-0.15, -0.1) is 5.10 Å². The lowest BCUT2D eigenvalue weighted by Crippen LogP contribution is -2.25. The zero-order valence-corrected chi connectivity index (χ0v) is 15.9. The number of aliphatic hydroxyl groups excluding tert-OH is 1. The molecule has 4 aromatic rings. The van der Waals surface area contributed by atoms with Gasteiger partial charge in [-0.3, -0.25) is 4.79 Å². The summed E-state index contributed by atoms with van der Waals surface area (Å²) in [6.07, 6.45) is 0.761. The standard InChI is InChI=1S/C20H20N6O4/c21-20-24-18-13-4-3-12(19(30)22-6-1-7-27)10-14(13)23-17(26(18)25-20)9-11-2-5-15(28)16(29)8-11/h2-5,8,10,27-29H,1,6-7,9H2,(H2,21,25)(H,22,30). The Morgan fingerprint density at radius 2 is 1.93 bits per heavy atom. The lowest BCUT2D eigenvalue weighted by Gasteiger charge is -2.09. The minimum absolute atomic E-state index is 0.00200. The van der Waals surface area contributed by atoms with E-state index in [1.165, 1.54) is 16.6 Å². The van der Waals surface area contributed by atoms with E-state index < -0.39 is 0 Å². The summed E-state index contributed by atoms with van der Waals surface area (Å²) in [5.74, 6) is -0.116. The Bertz CT molecular complexity index is 1250. The molecule has 6 N–H and O–H groups in total. The van der Waals surface area contributed by atoms with E-state index in [2.05, 4.69) is 20.4 Å². The molecule has 0 saturated carbocycles.